The standard InChI is InChI=1S/C17H27FN2O/c1-4-19-12(2)15-6-5-7-16(18)17(15)20-10-8-14(9-11-20)13(3)21/h5-7,12-14,19,21H,4,8-11H2,1-3H3. The molecule has 3 nitrogen and oxygen atoms in total. The SMILES string of the molecule is CCNC(C)c1cccc(F)c1N1CCC(C(C)O)CC1. The van der Waals surface area contributed by atoms with Gasteiger partial charge in [-0.05, 0) is 50.8 Å². The zero-order chi connectivity index (χ0) is 15.4. The number of halogens is 1. The summed E-state index contributed by atoms with van der Waals surface area (Å²) in [6.07, 6.45) is 1.56. The van der Waals surface area contributed by atoms with Crippen LogP contribution in [0.2, 0.25) is 0 Å². The maximum absolute atomic E-state index is 14.4. The summed E-state index contributed by atoms with van der Waals surface area (Å²) >= 11 is 0. The van der Waals surface area contributed by atoms with E-state index in [4.69, 9.17) is 0 Å². The molecule has 1 aromatic carbocycles. The molecule has 1 aromatic rings. The van der Waals surface area contributed by atoms with E-state index in [1.165, 1.54) is 6.07 Å². The molecule has 1 aliphatic heterocycles. The molecule has 118 valence electrons. The van der Waals surface area contributed by atoms with Gasteiger partial charge in [0.15, 0.2) is 0 Å². The third-order valence-corrected chi connectivity index (χ3v) is 4.53. The van der Waals surface area contributed by atoms with Gasteiger partial charge in [0.25, 0.3) is 0 Å². The van der Waals surface area contributed by atoms with Gasteiger partial charge in [0.05, 0.1) is 11.8 Å². The van der Waals surface area contributed by atoms with Crippen LogP contribution in [0, 0.1) is 11.7 Å². The molecule has 0 bridgehead atoms. The normalized spacial score (nSPS) is 19.6. The number of hydrogen-bond donors (Lipinski definition) is 2. The minimum absolute atomic E-state index is 0.134. The second kappa shape index (κ2) is 7.23. The number of nitrogens with zero attached hydrogens (tertiary/aromatic N) is 1. The molecule has 21 heavy (non-hydrogen) atoms. The van der Waals surface area contributed by atoms with Crippen molar-refractivity contribution in [3.05, 3.63) is 29.6 Å². The first-order chi connectivity index (χ1) is 10.0. The highest BCUT2D eigenvalue weighted by atomic mass is 19.1. The summed E-state index contributed by atoms with van der Waals surface area (Å²) in [5.41, 5.74) is 1.75. The topological polar surface area (TPSA) is 35.5 Å². The molecule has 1 saturated heterocycles. The molecule has 0 saturated carbocycles. The van der Waals surface area contributed by atoms with E-state index < -0.39 is 0 Å². The molecule has 1 aliphatic rings. The molecule has 0 aromatic heterocycles. The third-order valence-electron chi connectivity index (χ3n) is 4.53. The summed E-state index contributed by atoms with van der Waals surface area (Å²) in [6, 6.07) is 5.46. The first kappa shape index (κ1) is 16.2. The van der Waals surface area contributed by atoms with Gasteiger partial charge in [0, 0.05) is 19.1 Å². The van der Waals surface area contributed by atoms with Gasteiger partial charge < -0.3 is 15.3 Å². The average Bonchev–Trinajstić information content (AvgIpc) is 2.47. The van der Waals surface area contributed by atoms with Crippen molar-refractivity contribution in [2.24, 2.45) is 5.92 Å². The van der Waals surface area contributed by atoms with Crippen LogP contribution in [0.3, 0.4) is 0 Å². The van der Waals surface area contributed by atoms with E-state index >= 15 is 0 Å². The highest BCUT2D eigenvalue weighted by molar-refractivity contribution is 5.56. The van der Waals surface area contributed by atoms with Crippen LogP contribution < -0.4 is 10.2 Å². The van der Waals surface area contributed by atoms with Gasteiger partial charge in [-0.15, -0.1) is 0 Å². The summed E-state index contributed by atoms with van der Waals surface area (Å²) in [4.78, 5) is 2.14. The number of rotatable bonds is 5. The van der Waals surface area contributed by atoms with Gasteiger partial charge in [-0.2, -0.15) is 0 Å². The van der Waals surface area contributed by atoms with Crippen molar-refractivity contribution >= 4 is 5.69 Å². The van der Waals surface area contributed by atoms with Gasteiger partial charge in [-0.25, -0.2) is 4.39 Å². The second-order valence-corrected chi connectivity index (χ2v) is 6.02. The van der Waals surface area contributed by atoms with Crippen LogP contribution in [0.15, 0.2) is 18.2 Å². The minimum Gasteiger partial charge on any atom is -0.393 e. The van der Waals surface area contributed by atoms with Crippen molar-refractivity contribution < 1.29 is 9.50 Å². The predicted octanol–water partition coefficient (Wildman–Crippen LogP) is 3.09. The van der Waals surface area contributed by atoms with E-state index in [-0.39, 0.29) is 18.0 Å². The fourth-order valence-electron chi connectivity index (χ4n) is 3.24. The summed E-state index contributed by atoms with van der Waals surface area (Å²) in [7, 11) is 0. The van der Waals surface area contributed by atoms with Crippen molar-refractivity contribution in [3.8, 4) is 0 Å². The van der Waals surface area contributed by atoms with Crippen LogP contribution in [-0.4, -0.2) is 30.8 Å². The second-order valence-electron chi connectivity index (χ2n) is 6.02. The monoisotopic (exact) mass is 294 g/mol. The van der Waals surface area contributed by atoms with E-state index in [0.717, 1.165) is 43.7 Å². The quantitative estimate of drug-likeness (QED) is 0.876. The predicted molar refractivity (Wildman–Crippen MR) is 85.1 cm³/mol. The van der Waals surface area contributed by atoms with Crippen molar-refractivity contribution in [1.82, 2.24) is 5.32 Å². The lowest BCUT2D eigenvalue weighted by Crippen LogP contribution is -2.38. The number of aliphatic hydroxyl groups excluding tert-OH is 1. The number of aliphatic hydroxyl groups is 1. The van der Waals surface area contributed by atoms with E-state index in [1.807, 2.05) is 13.0 Å². The molecule has 1 heterocycles. The van der Waals surface area contributed by atoms with Crippen molar-refractivity contribution in [1.29, 1.82) is 0 Å². The Morgan fingerprint density at radius 1 is 1.33 bits per heavy atom. The van der Waals surface area contributed by atoms with Crippen molar-refractivity contribution in [2.75, 3.05) is 24.5 Å². The largest absolute Gasteiger partial charge is 0.393 e. The number of piperidine rings is 1. The molecule has 0 aliphatic carbocycles. The van der Waals surface area contributed by atoms with Crippen molar-refractivity contribution in [2.45, 2.75) is 45.8 Å². The van der Waals surface area contributed by atoms with Gasteiger partial charge in [0.2, 0.25) is 0 Å². The minimum atomic E-state index is -0.270. The molecule has 2 rings (SSSR count). The lowest BCUT2D eigenvalue weighted by molar-refractivity contribution is 0.109. The van der Waals surface area contributed by atoms with Crippen LogP contribution in [0.4, 0.5) is 10.1 Å². The van der Waals surface area contributed by atoms with E-state index in [1.54, 1.807) is 6.07 Å². The zero-order valence-corrected chi connectivity index (χ0v) is 13.3. The Morgan fingerprint density at radius 3 is 2.57 bits per heavy atom. The molecule has 4 heteroatoms. The van der Waals surface area contributed by atoms with Crippen LogP contribution in [0.1, 0.15) is 45.2 Å². The Labute approximate surface area is 127 Å². The lowest BCUT2D eigenvalue weighted by atomic mass is 9.91. The Balaban J connectivity index is 2.19. The van der Waals surface area contributed by atoms with Crippen LogP contribution in [0.25, 0.3) is 0 Å². The Bertz CT molecular complexity index is 456. The highest BCUT2D eigenvalue weighted by Gasteiger charge is 2.26. The van der Waals surface area contributed by atoms with E-state index in [9.17, 15) is 9.50 Å². The molecule has 0 amide bonds. The summed E-state index contributed by atoms with van der Waals surface area (Å²) in [5.74, 6) is 0.190. The fourth-order valence-corrected chi connectivity index (χ4v) is 3.24. The first-order valence-electron chi connectivity index (χ1n) is 7.99. The molecule has 0 spiro atoms. The Hall–Kier alpha value is -1.13. The van der Waals surface area contributed by atoms with Crippen LogP contribution in [0.5, 0.6) is 0 Å². The zero-order valence-electron chi connectivity index (χ0n) is 13.3. The average molecular weight is 294 g/mol. The smallest absolute Gasteiger partial charge is 0.146 e. The summed E-state index contributed by atoms with van der Waals surface area (Å²) < 4.78 is 14.4. The van der Waals surface area contributed by atoms with Crippen LogP contribution in [-0.2, 0) is 0 Å². The molecular formula is C17H27FN2O. The molecule has 2 atom stereocenters. The lowest BCUT2D eigenvalue weighted by Gasteiger charge is -2.36. The van der Waals surface area contributed by atoms with Gasteiger partial charge >= 0.3 is 0 Å². The number of hydrogen-bond acceptors (Lipinski definition) is 3. The van der Waals surface area contributed by atoms with Gasteiger partial charge in [-0.3, -0.25) is 0 Å². The highest BCUT2D eigenvalue weighted by Crippen LogP contribution is 2.33. The molecule has 0 radical (unpaired) electrons. The Morgan fingerprint density at radius 2 is 2.00 bits per heavy atom. The van der Waals surface area contributed by atoms with E-state index in [0.29, 0.717) is 5.92 Å². The van der Waals surface area contributed by atoms with Crippen LogP contribution >= 0.6 is 0 Å². The maximum atomic E-state index is 14.4. The molecule has 2 unspecified atom stereocenters. The van der Waals surface area contributed by atoms with Gasteiger partial charge in [0.1, 0.15) is 5.82 Å². The number of nitrogens with one attached hydrogen (secondary N) is 1. The van der Waals surface area contributed by atoms with Gasteiger partial charge in [-0.1, -0.05) is 19.1 Å². The molecular weight excluding hydrogens is 267 g/mol. The molecule has 1 fully saturated rings. The first-order valence-corrected chi connectivity index (χ1v) is 7.99. The van der Waals surface area contributed by atoms with Crippen molar-refractivity contribution in [3.63, 3.8) is 0 Å². The number of benzene rings is 1. The number of anilines is 1. The fraction of sp³-hybridized carbons (Fsp3) is 0.647. The number of para-hydroxylation sites is 1. The molecule has 2 N–H and O–H groups in total. The maximum Gasteiger partial charge on any atom is 0.146 e. The Kier molecular flexibility index (Phi) is 5.59. The summed E-state index contributed by atoms with van der Waals surface area (Å²) in [6.45, 7) is 8.46. The van der Waals surface area contributed by atoms with E-state index in [2.05, 4.69) is 24.1 Å². The third kappa shape index (κ3) is 3.74. The summed E-state index contributed by atoms with van der Waals surface area (Å²) in [5, 5.41) is 13.1.